The highest BCUT2D eigenvalue weighted by Gasteiger charge is 2.44. The van der Waals surface area contributed by atoms with E-state index in [0.717, 1.165) is 58.0 Å². The Morgan fingerprint density at radius 2 is 2.26 bits per heavy atom. The molecule has 1 amide bonds. The minimum absolute atomic E-state index is 0.111. The zero-order valence-electron chi connectivity index (χ0n) is 14.5. The van der Waals surface area contributed by atoms with Gasteiger partial charge in [0.15, 0.2) is 5.96 Å². The SMILES string of the molecule is CN=C(NCC1(CCOC)CC1)N1CCCC2(CNC(=O)C2)C1. The summed E-state index contributed by atoms with van der Waals surface area (Å²) >= 11 is 0. The topological polar surface area (TPSA) is 66.0 Å². The molecule has 0 aromatic carbocycles. The van der Waals surface area contributed by atoms with Gasteiger partial charge in [-0.25, -0.2) is 0 Å². The van der Waals surface area contributed by atoms with Crippen molar-refractivity contribution in [1.29, 1.82) is 0 Å². The molecule has 1 saturated carbocycles. The van der Waals surface area contributed by atoms with Gasteiger partial charge in [0, 0.05) is 58.8 Å². The maximum atomic E-state index is 11.6. The smallest absolute Gasteiger partial charge is 0.220 e. The lowest BCUT2D eigenvalue weighted by Crippen LogP contribution is -2.52. The molecule has 0 bridgehead atoms. The van der Waals surface area contributed by atoms with Crippen molar-refractivity contribution >= 4 is 11.9 Å². The van der Waals surface area contributed by atoms with Gasteiger partial charge in [0.25, 0.3) is 0 Å². The summed E-state index contributed by atoms with van der Waals surface area (Å²) in [5, 5.41) is 6.59. The van der Waals surface area contributed by atoms with Crippen LogP contribution >= 0.6 is 0 Å². The van der Waals surface area contributed by atoms with E-state index in [2.05, 4.69) is 20.5 Å². The third-order valence-corrected chi connectivity index (χ3v) is 5.78. The van der Waals surface area contributed by atoms with Gasteiger partial charge in [-0.2, -0.15) is 0 Å². The van der Waals surface area contributed by atoms with E-state index in [1.54, 1.807) is 7.11 Å². The van der Waals surface area contributed by atoms with Crippen molar-refractivity contribution in [3.05, 3.63) is 0 Å². The maximum absolute atomic E-state index is 11.6. The molecular weight excluding hydrogens is 292 g/mol. The Balaban J connectivity index is 1.55. The number of hydrogen-bond donors (Lipinski definition) is 2. The Labute approximate surface area is 139 Å². The van der Waals surface area contributed by atoms with Crippen LogP contribution in [0.1, 0.15) is 38.5 Å². The summed E-state index contributed by atoms with van der Waals surface area (Å²) in [5.74, 6) is 1.19. The van der Waals surface area contributed by atoms with E-state index in [9.17, 15) is 4.79 Å². The average Bonchev–Trinajstić information content (AvgIpc) is 3.24. The molecule has 1 unspecified atom stereocenters. The number of hydrogen-bond acceptors (Lipinski definition) is 3. The highest BCUT2D eigenvalue weighted by molar-refractivity contribution is 5.81. The Morgan fingerprint density at radius 3 is 2.87 bits per heavy atom. The third-order valence-electron chi connectivity index (χ3n) is 5.78. The summed E-state index contributed by atoms with van der Waals surface area (Å²) in [6, 6.07) is 0. The van der Waals surface area contributed by atoms with Crippen molar-refractivity contribution in [3.63, 3.8) is 0 Å². The van der Waals surface area contributed by atoms with Crippen LogP contribution in [0.25, 0.3) is 0 Å². The number of amides is 1. The molecule has 130 valence electrons. The van der Waals surface area contributed by atoms with Gasteiger partial charge in [-0.05, 0) is 37.5 Å². The van der Waals surface area contributed by atoms with Gasteiger partial charge in [0.1, 0.15) is 0 Å². The largest absolute Gasteiger partial charge is 0.385 e. The van der Waals surface area contributed by atoms with Crippen molar-refractivity contribution in [1.82, 2.24) is 15.5 Å². The Bertz CT molecular complexity index is 475. The lowest BCUT2D eigenvalue weighted by Gasteiger charge is -2.41. The number of nitrogens with zero attached hydrogens (tertiary/aromatic N) is 2. The summed E-state index contributed by atoms with van der Waals surface area (Å²) < 4.78 is 5.23. The molecule has 3 rings (SSSR count). The normalized spacial score (nSPS) is 29.7. The molecule has 6 nitrogen and oxygen atoms in total. The predicted octanol–water partition coefficient (Wildman–Crippen LogP) is 0.981. The summed E-state index contributed by atoms with van der Waals surface area (Å²) in [5.41, 5.74) is 0.518. The Kier molecular flexibility index (Phi) is 4.80. The standard InChI is InChI=1S/C17H30N4O2/c1-18-15(20-11-16(5-6-16)7-9-23-2)21-8-3-4-17(13-21)10-14(22)19-12-17/h3-13H2,1-2H3,(H,18,20)(H,19,22). The van der Waals surface area contributed by atoms with Gasteiger partial charge >= 0.3 is 0 Å². The highest BCUT2D eigenvalue weighted by Crippen LogP contribution is 2.48. The number of rotatable bonds is 5. The quantitative estimate of drug-likeness (QED) is 0.585. The van der Waals surface area contributed by atoms with E-state index < -0.39 is 0 Å². The summed E-state index contributed by atoms with van der Waals surface area (Å²) in [6.45, 7) is 4.58. The first-order valence-corrected chi connectivity index (χ1v) is 8.82. The van der Waals surface area contributed by atoms with Crippen molar-refractivity contribution in [2.75, 3.05) is 46.9 Å². The number of carbonyl (C=O) groups excluding carboxylic acids is 1. The van der Waals surface area contributed by atoms with Crippen LogP contribution in [0.5, 0.6) is 0 Å². The molecule has 2 aliphatic heterocycles. The first-order chi connectivity index (χ1) is 11.1. The number of aliphatic imine (C=N–C) groups is 1. The van der Waals surface area contributed by atoms with Crippen molar-refractivity contribution < 1.29 is 9.53 Å². The second-order valence-electron chi connectivity index (χ2n) is 7.62. The van der Waals surface area contributed by atoms with Gasteiger partial charge in [-0.1, -0.05) is 0 Å². The van der Waals surface area contributed by atoms with Crippen molar-refractivity contribution in [2.45, 2.75) is 38.5 Å². The lowest BCUT2D eigenvalue weighted by atomic mass is 9.79. The molecule has 3 fully saturated rings. The first-order valence-electron chi connectivity index (χ1n) is 8.82. The molecule has 2 N–H and O–H groups in total. The summed E-state index contributed by atoms with van der Waals surface area (Å²) in [6.07, 6.45) is 6.61. The molecule has 1 atom stereocenters. The van der Waals surface area contributed by atoms with Crippen LogP contribution in [-0.2, 0) is 9.53 Å². The van der Waals surface area contributed by atoms with Gasteiger partial charge < -0.3 is 20.3 Å². The molecule has 0 aromatic heterocycles. The number of guanidine groups is 1. The van der Waals surface area contributed by atoms with E-state index >= 15 is 0 Å². The number of likely N-dealkylation sites (tertiary alicyclic amines) is 1. The van der Waals surface area contributed by atoms with Gasteiger partial charge in [0.05, 0.1) is 0 Å². The minimum Gasteiger partial charge on any atom is -0.385 e. The van der Waals surface area contributed by atoms with Crippen LogP contribution in [0.4, 0.5) is 0 Å². The number of piperidine rings is 1. The van der Waals surface area contributed by atoms with Crippen LogP contribution in [0.2, 0.25) is 0 Å². The second kappa shape index (κ2) is 6.67. The second-order valence-corrected chi connectivity index (χ2v) is 7.62. The number of nitrogens with one attached hydrogen (secondary N) is 2. The van der Waals surface area contributed by atoms with Crippen LogP contribution in [0, 0.1) is 10.8 Å². The Hall–Kier alpha value is -1.30. The van der Waals surface area contributed by atoms with E-state index in [1.165, 1.54) is 12.8 Å². The van der Waals surface area contributed by atoms with E-state index in [1.807, 2.05) is 7.05 Å². The van der Waals surface area contributed by atoms with Crippen LogP contribution in [-0.4, -0.2) is 63.7 Å². The molecule has 1 aliphatic carbocycles. The molecule has 3 aliphatic rings. The van der Waals surface area contributed by atoms with Crippen molar-refractivity contribution in [3.8, 4) is 0 Å². The number of carbonyl (C=O) groups is 1. The van der Waals surface area contributed by atoms with Gasteiger partial charge in [-0.15, -0.1) is 0 Å². The predicted molar refractivity (Wildman–Crippen MR) is 90.4 cm³/mol. The van der Waals surface area contributed by atoms with E-state index in [0.29, 0.717) is 11.8 Å². The molecule has 6 heteroatoms. The number of methoxy groups -OCH3 is 1. The molecule has 2 saturated heterocycles. The molecular formula is C17H30N4O2. The van der Waals surface area contributed by atoms with E-state index in [4.69, 9.17) is 4.74 Å². The molecule has 0 aromatic rings. The zero-order chi connectivity index (χ0) is 16.3. The highest BCUT2D eigenvalue weighted by atomic mass is 16.5. The molecule has 0 radical (unpaired) electrons. The zero-order valence-corrected chi connectivity index (χ0v) is 14.5. The van der Waals surface area contributed by atoms with Gasteiger partial charge in [0.2, 0.25) is 5.91 Å². The lowest BCUT2D eigenvalue weighted by molar-refractivity contribution is -0.119. The average molecular weight is 322 g/mol. The maximum Gasteiger partial charge on any atom is 0.220 e. The van der Waals surface area contributed by atoms with Crippen molar-refractivity contribution in [2.24, 2.45) is 15.8 Å². The third kappa shape index (κ3) is 3.79. The molecule has 1 spiro atoms. The minimum atomic E-state index is 0.111. The van der Waals surface area contributed by atoms with Crippen LogP contribution in [0.3, 0.4) is 0 Å². The van der Waals surface area contributed by atoms with Crippen LogP contribution < -0.4 is 10.6 Å². The Morgan fingerprint density at radius 1 is 1.43 bits per heavy atom. The summed E-state index contributed by atoms with van der Waals surface area (Å²) in [4.78, 5) is 18.5. The van der Waals surface area contributed by atoms with E-state index in [-0.39, 0.29) is 11.3 Å². The fourth-order valence-electron chi connectivity index (χ4n) is 4.04. The summed E-state index contributed by atoms with van der Waals surface area (Å²) in [7, 11) is 3.63. The van der Waals surface area contributed by atoms with Gasteiger partial charge in [-0.3, -0.25) is 9.79 Å². The monoisotopic (exact) mass is 322 g/mol. The fraction of sp³-hybridized carbons (Fsp3) is 0.882. The fourth-order valence-corrected chi connectivity index (χ4v) is 4.04. The molecule has 23 heavy (non-hydrogen) atoms. The number of ether oxygens (including phenoxy) is 1. The van der Waals surface area contributed by atoms with Crippen LogP contribution in [0.15, 0.2) is 4.99 Å². The first kappa shape index (κ1) is 16.6. The molecule has 2 heterocycles.